The minimum Gasteiger partial charge on any atom is -0.398 e. The molecule has 3 rings (SSSR count). The van der Waals surface area contributed by atoms with Gasteiger partial charge in [0.2, 0.25) is 0 Å². The van der Waals surface area contributed by atoms with Crippen LogP contribution >= 0.6 is 0 Å². The number of anilines is 2. The van der Waals surface area contributed by atoms with Crippen LogP contribution in [0, 0.1) is 13.8 Å². The van der Waals surface area contributed by atoms with Gasteiger partial charge in [-0.25, -0.2) is 0 Å². The number of nitrogens with one attached hydrogen (secondary N) is 1. The van der Waals surface area contributed by atoms with Gasteiger partial charge in [0, 0.05) is 40.1 Å². The summed E-state index contributed by atoms with van der Waals surface area (Å²) >= 11 is 0. The fourth-order valence-electron chi connectivity index (χ4n) is 2.21. The van der Waals surface area contributed by atoms with Crippen molar-refractivity contribution < 1.29 is 4.52 Å². The first-order valence-electron chi connectivity index (χ1n) is 6.44. The van der Waals surface area contributed by atoms with Gasteiger partial charge in [-0.1, -0.05) is 5.16 Å². The second kappa shape index (κ2) is 4.85. The number of pyridine rings is 1. The molecule has 0 fully saturated rings. The molecular weight excluding hydrogens is 252 g/mol. The van der Waals surface area contributed by atoms with Gasteiger partial charge in [-0.15, -0.1) is 0 Å². The van der Waals surface area contributed by atoms with Crippen LogP contribution in [0.5, 0.6) is 0 Å². The maximum absolute atomic E-state index is 5.99. The zero-order valence-corrected chi connectivity index (χ0v) is 11.5. The van der Waals surface area contributed by atoms with Crippen molar-refractivity contribution in [1.29, 1.82) is 0 Å². The van der Waals surface area contributed by atoms with E-state index in [4.69, 9.17) is 10.3 Å². The number of nitrogens with zero attached hydrogens (tertiary/aromatic N) is 2. The molecule has 102 valence electrons. The molecule has 5 nitrogen and oxygen atoms in total. The molecule has 2 heterocycles. The number of aryl methyl sites for hydroxylation is 2. The van der Waals surface area contributed by atoms with Gasteiger partial charge in [0.1, 0.15) is 11.5 Å². The van der Waals surface area contributed by atoms with E-state index in [2.05, 4.69) is 15.5 Å². The van der Waals surface area contributed by atoms with Crippen LogP contribution in [-0.2, 0) is 6.54 Å². The fourth-order valence-corrected chi connectivity index (χ4v) is 2.21. The first-order valence-corrected chi connectivity index (χ1v) is 6.44. The minimum absolute atomic E-state index is 0.609. The number of rotatable bonds is 3. The minimum atomic E-state index is 0.609. The van der Waals surface area contributed by atoms with Gasteiger partial charge in [0.15, 0.2) is 0 Å². The third-order valence-corrected chi connectivity index (χ3v) is 3.21. The van der Waals surface area contributed by atoms with Crippen molar-refractivity contribution in [1.82, 2.24) is 10.1 Å². The molecule has 0 bridgehead atoms. The molecule has 0 amide bonds. The number of nitrogens with two attached hydrogens (primary N) is 1. The second-order valence-corrected chi connectivity index (χ2v) is 4.86. The molecule has 0 aliphatic heterocycles. The fraction of sp³-hybridized carbons (Fsp3) is 0.200. The third kappa shape index (κ3) is 2.30. The zero-order valence-electron chi connectivity index (χ0n) is 11.5. The van der Waals surface area contributed by atoms with Crippen LogP contribution in [0.25, 0.3) is 10.8 Å². The van der Waals surface area contributed by atoms with Crippen LogP contribution in [0.2, 0.25) is 0 Å². The largest absolute Gasteiger partial charge is 0.398 e. The highest BCUT2D eigenvalue weighted by Gasteiger charge is 2.06. The molecular formula is C15H16N4O. The Morgan fingerprint density at radius 2 is 2.05 bits per heavy atom. The normalized spacial score (nSPS) is 10.9. The van der Waals surface area contributed by atoms with Gasteiger partial charge >= 0.3 is 0 Å². The first-order chi connectivity index (χ1) is 9.63. The van der Waals surface area contributed by atoms with E-state index in [1.807, 2.05) is 44.3 Å². The van der Waals surface area contributed by atoms with E-state index in [1.165, 1.54) is 0 Å². The summed E-state index contributed by atoms with van der Waals surface area (Å²) in [4.78, 5) is 4.30. The van der Waals surface area contributed by atoms with Crippen LogP contribution < -0.4 is 11.1 Å². The summed E-state index contributed by atoms with van der Waals surface area (Å²) < 4.78 is 5.06. The van der Waals surface area contributed by atoms with E-state index in [0.717, 1.165) is 39.3 Å². The third-order valence-electron chi connectivity index (χ3n) is 3.21. The van der Waals surface area contributed by atoms with Crippen molar-refractivity contribution in [2.24, 2.45) is 0 Å². The Bertz CT molecular complexity index is 764. The quantitative estimate of drug-likeness (QED) is 0.714. The lowest BCUT2D eigenvalue weighted by Crippen LogP contribution is -2.01. The Balaban J connectivity index is 1.95. The molecule has 0 atom stereocenters. The molecule has 3 N–H and O–H groups in total. The van der Waals surface area contributed by atoms with Gasteiger partial charge in [-0.05, 0) is 32.0 Å². The van der Waals surface area contributed by atoms with E-state index in [9.17, 15) is 0 Å². The summed E-state index contributed by atoms with van der Waals surface area (Å²) in [5.74, 6) is 0.809. The summed E-state index contributed by atoms with van der Waals surface area (Å²) in [7, 11) is 0. The second-order valence-electron chi connectivity index (χ2n) is 4.86. The van der Waals surface area contributed by atoms with E-state index in [1.54, 1.807) is 0 Å². The van der Waals surface area contributed by atoms with E-state index in [0.29, 0.717) is 6.54 Å². The van der Waals surface area contributed by atoms with Gasteiger partial charge in [0.25, 0.3) is 0 Å². The number of fused-ring (bicyclic) bond motifs is 1. The number of aromatic nitrogens is 2. The molecule has 2 aromatic heterocycles. The average Bonchev–Trinajstić information content (AvgIpc) is 2.84. The molecule has 0 aliphatic rings. The zero-order chi connectivity index (χ0) is 14.1. The maximum Gasteiger partial charge on any atom is 0.133 e. The van der Waals surface area contributed by atoms with Crippen molar-refractivity contribution in [3.8, 4) is 0 Å². The van der Waals surface area contributed by atoms with Crippen molar-refractivity contribution >= 4 is 22.1 Å². The summed E-state index contributed by atoms with van der Waals surface area (Å²) in [5, 5.41) is 9.36. The van der Waals surface area contributed by atoms with E-state index in [-0.39, 0.29) is 0 Å². The molecule has 5 heteroatoms. The highest BCUT2D eigenvalue weighted by Crippen LogP contribution is 2.28. The number of benzene rings is 1. The lowest BCUT2D eigenvalue weighted by Gasteiger charge is -2.10. The number of hydrogen-bond acceptors (Lipinski definition) is 5. The van der Waals surface area contributed by atoms with E-state index >= 15 is 0 Å². The summed E-state index contributed by atoms with van der Waals surface area (Å²) in [5.41, 5.74) is 9.57. The summed E-state index contributed by atoms with van der Waals surface area (Å²) in [6.45, 7) is 4.45. The molecule has 0 unspecified atom stereocenters. The molecule has 1 aromatic carbocycles. The van der Waals surface area contributed by atoms with E-state index < -0.39 is 0 Å². The number of nitrogen functional groups attached to an aromatic ring is 1. The Labute approximate surface area is 116 Å². The molecule has 0 aliphatic carbocycles. The van der Waals surface area contributed by atoms with Crippen LogP contribution in [0.15, 0.2) is 35.0 Å². The van der Waals surface area contributed by atoms with Crippen molar-refractivity contribution in [2.75, 3.05) is 11.1 Å². The maximum atomic E-state index is 5.99. The molecule has 0 radical (unpaired) electrons. The topological polar surface area (TPSA) is 77.0 Å². The van der Waals surface area contributed by atoms with Crippen molar-refractivity contribution in [2.45, 2.75) is 20.4 Å². The lowest BCUT2D eigenvalue weighted by atomic mass is 10.1. The smallest absolute Gasteiger partial charge is 0.133 e. The molecule has 0 saturated heterocycles. The van der Waals surface area contributed by atoms with Crippen LogP contribution in [0.4, 0.5) is 11.4 Å². The van der Waals surface area contributed by atoms with Gasteiger partial charge in [-0.3, -0.25) is 4.98 Å². The molecule has 20 heavy (non-hydrogen) atoms. The monoisotopic (exact) mass is 268 g/mol. The molecule has 0 spiro atoms. The van der Waals surface area contributed by atoms with Gasteiger partial charge < -0.3 is 15.6 Å². The van der Waals surface area contributed by atoms with Crippen LogP contribution in [0.1, 0.15) is 17.1 Å². The Morgan fingerprint density at radius 1 is 1.20 bits per heavy atom. The lowest BCUT2D eigenvalue weighted by molar-refractivity contribution is 0.391. The molecule has 3 aromatic rings. The average molecular weight is 268 g/mol. The molecule has 0 saturated carbocycles. The predicted octanol–water partition coefficient (Wildman–Crippen LogP) is 3.03. The number of hydrogen-bond donors (Lipinski definition) is 2. The SMILES string of the molecule is Cc1cc2c(NCc3cc(C)on3)ccc(N)c2cn1. The van der Waals surface area contributed by atoms with Gasteiger partial charge in [-0.2, -0.15) is 0 Å². The highest BCUT2D eigenvalue weighted by atomic mass is 16.5. The van der Waals surface area contributed by atoms with Crippen molar-refractivity contribution in [3.05, 3.63) is 47.6 Å². The predicted molar refractivity (Wildman–Crippen MR) is 79.5 cm³/mol. The Morgan fingerprint density at radius 3 is 2.80 bits per heavy atom. The Kier molecular flexibility index (Phi) is 3.02. The van der Waals surface area contributed by atoms with Crippen LogP contribution in [-0.4, -0.2) is 10.1 Å². The highest BCUT2D eigenvalue weighted by molar-refractivity contribution is 6.00. The van der Waals surface area contributed by atoms with Crippen LogP contribution in [0.3, 0.4) is 0 Å². The summed E-state index contributed by atoms with van der Waals surface area (Å²) in [6, 6.07) is 7.81. The Hall–Kier alpha value is -2.56. The standard InChI is InChI=1S/C15H16N4O/c1-9-5-12-13(8-17-9)14(16)3-4-15(12)18-7-11-6-10(2)20-19-11/h3-6,8,18H,7,16H2,1-2H3. The first kappa shape index (κ1) is 12.5. The van der Waals surface area contributed by atoms with Gasteiger partial charge in [0.05, 0.1) is 6.54 Å². The summed E-state index contributed by atoms with van der Waals surface area (Å²) in [6.07, 6.45) is 1.81. The van der Waals surface area contributed by atoms with Crippen molar-refractivity contribution in [3.63, 3.8) is 0 Å².